The normalized spacial score (nSPS) is 9.92. The predicted octanol–water partition coefficient (Wildman–Crippen LogP) is 2.54. The summed E-state index contributed by atoms with van der Waals surface area (Å²) in [5.41, 5.74) is 2.34. The van der Waals surface area contributed by atoms with Crippen LogP contribution in [-0.4, -0.2) is 11.1 Å². The summed E-state index contributed by atoms with van der Waals surface area (Å²) < 4.78 is 0. The SMILES string of the molecule is C=C(/C=C\C(C)=C(C)C)C(=O)O. The molecule has 0 amide bonds. The van der Waals surface area contributed by atoms with Crippen molar-refractivity contribution in [1.82, 2.24) is 0 Å². The molecule has 12 heavy (non-hydrogen) atoms. The summed E-state index contributed by atoms with van der Waals surface area (Å²) in [6.45, 7) is 9.26. The molecular weight excluding hydrogens is 152 g/mol. The number of carboxylic acid groups (broad SMARTS) is 1. The van der Waals surface area contributed by atoms with E-state index in [-0.39, 0.29) is 5.57 Å². The zero-order valence-corrected chi connectivity index (χ0v) is 7.72. The second kappa shape index (κ2) is 4.54. The van der Waals surface area contributed by atoms with Crippen LogP contribution in [-0.2, 0) is 4.79 Å². The van der Waals surface area contributed by atoms with Gasteiger partial charge in [0.25, 0.3) is 0 Å². The molecule has 0 aliphatic rings. The highest BCUT2D eigenvalue weighted by Gasteiger charge is 1.97. The molecule has 0 spiro atoms. The fraction of sp³-hybridized carbons (Fsp3) is 0.300. The maximum atomic E-state index is 10.3. The highest BCUT2D eigenvalue weighted by molar-refractivity contribution is 5.89. The van der Waals surface area contributed by atoms with Gasteiger partial charge in [-0.15, -0.1) is 0 Å². The molecule has 0 saturated heterocycles. The lowest BCUT2D eigenvalue weighted by atomic mass is 10.1. The lowest BCUT2D eigenvalue weighted by Crippen LogP contribution is -1.94. The van der Waals surface area contributed by atoms with E-state index in [0.717, 1.165) is 5.57 Å². The Kier molecular flexibility index (Phi) is 4.05. The third-order valence-corrected chi connectivity index (χ3v) is 1.60. The number of aliphatic carboxylic acids is 1. The second-order valence-electron chi connectivity index (χ2n) is 2.85. The molecular formula is C10H14O2. The number of allylic oxidation sites excluding steroid dienone is 3. The van der Waals surface area contributed by atoms with Crippen LogP contribution in [0.1, 0.15) is 20.8 Å². The van der Waals surface area contributed by atoms with Crippen LogP contribution in [0.25, 0.3) is 0 Å². The van der Waals surface area contributed by atoms with E-state index in [1.807, 2.05) is 20.8 Å². The third-order valence-electron chi connectivity index (χ3n) is 1.60. The zero-order chi connectivity index (χ0) is 9.72. The molecule has 1 N–H and O–H groups in total. The molecule has 0 aromatic carbocycles. The standard InChI is InChI=1S/C10H14O2/c1-7(2)8(3)5-6-9(4)10(11)12/h5-6H,4H2,1-3H3,(H,11,12)/b6-5-. The Hall–Kier alpha value is -1.31. The predicted molar refractivity (Wildman–Crippen MR) is 50.0 cm³/mol. The summed E-state index contributed by atoms with van der Waals surface area (Å²) >= 11 is 0. The average molecular weight is 166 g/mol. The van der Waals surface area contributed by atoms with Crippen LogP contribution in [0.2, 0.25) is 0 Å². The monoisotopic (exact) mass is 166 g/mol. The molecule has 2 heteroatoms. The topological polar surface area (TPSA) is 37.3 Å². The van der Waals surface area contributed by atoms with Gasteiger partial charge in [-0.2, -0.15) is 0 Å². The van der Waals surface area contributed by atoms with E-state index in [0.29, 0.717) is 0 Å². The van der Waals surface area contributed by atoms with E-state index >= 15 is 0 Å². The molecule has 0 heterocycles. The Labute approximate surface area is 72.9 Å². The van der Waals surface area contributed by atoms with Gasteiger partial charge in [0.05, 0.1) is 5.57 Å². The van der Waals surface area contributed by atoms with Gasteiger partial charge in [-0.05, 0) is 26.8 Å². The summed E-state index contributed by atoms with van der Waals surface area (Å²) in [5.74, 6) is -0.979. The first-order valence-corrected chi connectivity index (χ1v) is 3.69. The minimum absolute atomic E-state index is 0.107. The van der Waals surface area contributed by atoms with Gasteiger partial charge in [-0.25, -0.2) is 4.79 Å². The van der Waals surface area contributed by atoms with Crippen LogP contribution >= 0.6 is 0 Å². The van der Waals surface area contributed by atoms with E-state index in [2.05, 4.69) is 6.58 Å². The Bertz CT molecular complexity index is 253. The minimum atomic E-state index is -0.979. The molecule has 0 bridgehead atoms. The second-order valence-corrected chi connectivity index (χ2v) is 2.85. The number of carbonyl (C=O) groups is 1. The zero-order valence-electron chi connectivity index (χ0n) is 7.72. The van der Waals surface area contributed by atoms with Gasteiger partial charge in [-0.3, -0.25) is 0 Å². The molecule has 0 rings (SSSR count). The fourth-order valence-electron chi connectivity index (χ4n) is 0.464. The lowest BCUT2D eigenvalue weighted by molar-refractivity contribution is -0.132. The Morgan fingerprint density at radius 3 is 2.08 bits per heavy atom. The van der Waals surface area contributed by atoms with Crippen LogP contribution < -0.4 is 0 Å². The maximum absolute atomic E-state index is 10.3. The van der Waals surface area contributed by atoms with Crippen LogP contribution in [0, 0.1) is 0 Å². The van der Waals surface area contributed by atoms with Gasteiger partial charge >= 0.3 is 5.97 Å². The Morgan fingerprint density at radius 1 is 1.25 bits per heavy atom. The Balaban J connectivity index is 4.37. The summed E-state index contributed by atoms with van der Waals surface area (Å²) in [7, 11) is 0. The highest BCUT2D eigenvalue weighted by Crippen LogP contribution is 2.05. The van der Waals surface area contributed by atoms with Crippen molar-refractivity contribution in [1.29, 1.82) is 0 Å². The highest BCUT2D eigenvalue weighted by atomic mass is 16.4. The average Bonchev–Trinajstić information content (AvgIpc) is 1.98. The van der Waals surface area contributed by atoms with Crippen molar-refractivity contribution >= 4 is 5.97 Å². The summed E-state index contributed by atoms with van der Waals surface area (Å²) in [6, 6.07) is 0. The van der Waals surface area contributed by atoms with Crippen LogP contribution in [0.5, 0.6) is 0 Å². The molecule has 2 nitrogen and oxygen atoms in total. The number of hydrogen-bond donors (Lipinski definition) is 1. The van der Waals surface area contributed by atoms with Gasteiger partial charge in [-0.1, -0.05) is 23.8 Å². The van der Waals surface area contributed by atoms with E-state index in [4.69, 9.17) is 5.11 Å². The van der Waals surface area contributed by atoms with E-state index in [1.165, 1.54) is 11.6 Å². The van der Waals surface area contributed by atoms with E-state index in [9.17, 15) is 4.79 Å². The van der Waals surface area contributed by atoms with Crippen molar-refractivity contribution in [3.05, 3.63) is 35.5 Å². The minimum Gasteiger partial charge on any atom is -0.478 e. The number of rotatable bonds is 3. The lowest BCUT2D eigenvalue weighted by Gasteiger charge is -1.95. The summed E-state index contributed by atoms with van der Waals surface area (Å²) in [6.07, 6.45) is 3.26. The van der Waals surface area contributed by atoms with Gasteiger partial charge in [0.2, 0.25) is 0 Å². The van der Waals surface area contributed by atoms with E-state index < -0.39 is 5.97 Å². The van der Waals surface area contributed by atoms with Crippen LogP contribution in [0.15, 0.2) is 35.5 Å². The van der Waals surface area contributed by atoms with Gasteiger partial charge in [0, 0.05) is 0 Å². The first kappa shape index (κ1) is 10.7. The quantitative estimate of drug-likeness (QED) is 0.516. The van der Waals surface area contributed by atoms with Crippen LogP contribution in [0.3, 0.4) is 0 Å². The van der Waals surface area contributed by atoms with Gasteiger partial charge in [0.15, 0.2) is 0 Å². The van der Waals surface area contributed by atoms with Crippen LogP contribution in [0.4, 0.5) is 0 Å². The van der Waals surface area contributed by atoms with Crippen molar-refractivity contribution in [2.75, 3.05) is 0 Å². The smallest absolute Gasteiger partial charge is 0.335 e. The summed E-state index contributed by atoms with van der Waals surface area (Å²) in [4.78, 5) is 10.3. The number of carboxylic acids is 1. The molecule has 0 aromatic heterocycles. The molecule has 0 aromatic rings. The first-order chi connectivity index (χ1) is 5.45. The molecule has 0 atom stereocenters. The summed E-state index contributed by atoms with van der Waals surface area (Å²) in [5, 5.41) is 8.47. The van der Waals surface area contributed by atoms with Crippen molar-refractivity contribution < 1.29 is 9.90 Å². The Morgan fingerprint density at radius 2 is 1.75 bits per heavy atom. The molecule has 66 valence electrons. The molecule has 0 saturated carbocycles. The number of hydrogen-bond acceptors (Lipinski definition) is 1. The van der Waals surface area contributed by atoms with E-state index in [1.54, 1.807) is 6.08 Å². The third kappa shape index (κ3) is 3.76. The van der Waals surface area contributed by atoms with Gasteiger partial charge < -0.3 is 5.11 Å². The van der Waals surface area contributed by atoms with Gasteiger partial charge in [0.1, 0.15) is 0 Å². The molecule has 0 unspecified atom stereocenters. The maximum Gasteiger partial charge on any atom is 0.335 e. The van der Waals surface area contributed by atoms with Crippen molar-refractivity contribution in [3.63, 3.8) is 0 Å². The van der Waals surface area contributed by atoms with Crippen molar-refractivity contribution in [2.45, 2.75) is 20.8 Å². The molecule has 0 fully saturated rings. The molecule has 0 radical (unpaired) electrons. The van der Waals surface area contributed by atoms with Crippen molar-refractivity contribution in [3.8, 4) is 0 Å². The molecule has 0 aliphatic heterocycles. The van der Waals surface area contributed by atoms with Crippen molar-refractivity contribution in [2.24, 2.45) is 0 Å². The fourth-order valence-corrected chi connectivity index (χ4v) is 0.464. The molecule has 0 aliphatic carbocycles. The largest absolute Gasteiger partial charge is 0.478 e. The first-order valence-electron chi connectivity index (χ1n) is 3.69.